The number of nitriles is 2. The van der Waals surface area contributed by atoms with Gasteiger partial charge in [0.05, 0.1) is 40.5 Å². The molecule has 1 aromatic heterocycles. The zero-order chi connectivity index (χ0) is 34.5. The molecule has 0 aliphatic rings. The van der Waals surface area contributed by atoms with Crippen LogP contribution in [0.2, 0.25) is 0 Å². The van der Waals surface area contributed by atoms with Crippen molar-refractivity contribution >= 4 is 49.0 Å². The first kappa shape index (κ1) is 29.7. The molecule has 51 heavy (non-hydrogen) atoms. The van der Waals surface area contributed by atoms with Crippen LogP contribution in [0, 0.1) is 29.2 Å². The summed E-state index contributed by atoms with van der Waals surface area (Å²) in [5.74, 6) is 0. The largest absolute Gasteiger partial charge is 0.309 e. The van der Waals surface area contributed by atoms with E-state index in [9.17, 15) is 10.5 Å². The van der Waals surface area contributed by atoms with E-state index in [-0.39, 0.29) is 0 Å². The molecule has 0 radical (unpaired) electrons. The second kappa shape index (κ2) is 11.9. The highest BCUT2D eigenvalue weighted by molar-refractivity contribution is 6.21. The summed E-state index contributed by atoms with van der Waals surface area (Å²) >= 11 is 0. The third-order valence-corrected chi connectivity index (χ3v) is 9.88. The van der Waals surface area contributed by atoms with Gasteiger partial charge in [0, 0.05) is 10.8 Å². The standard InChI is InChI=1S/C47H26N4/c1-50-42-27-45(51-43-18-10-9-13-35(43)41-25-30(28-48)19-24-44(41)51)34(29-49)26-40(42)31-20-22-33(23-21-31)47-38-16-7-5-14-36(38)46(32-11-3-2-4-12-32)37-15-6-8-17-39(37)47/h2-27H. The van der Waals surface area contributed by atoms with Crippen molar-refractivity contribution in [2.24, 2.45) is 0 Å². The minimum Gasteiger partial charge on any atom is -0.309 e. The lowest BCUT2D eigenvalue weighted by Crippen LogP contribution is -1.98. The fourth-order valence-electron chi connectivity index (χ4n) is 7.65. The molecule has 0 amide bonds. The maximum Gasteiger partial charge on any atom is 0.197 e. The van der Waals surface area contributed by atoms with E-state index < -0.39 is 0 Å². The Morgan fingerprint density at radius 3 is 1.59 bits per heavy atom. The second-order valence-electron chi connectivity index (χ2n) is 12.6. The molecule has 8 aromatic carbocycles. The van der Waals surface area contributed by atoms with E-state index in [4.69, 9.17) is 6.57 Å². The Bertz CT molecular complexity index is 2930. The Morgan fingerprint density at radius 2 is 1.00 bits per heavy atom. The smallest absolute Gasteiger partial charge is 0.197 e. The Balaban J connectivity index is 1.21. The average Bonchev–Trinajstić information content (AvgIpc) is 3.53. The lowest BCUT2D eigenvalue weighted by atomic mass is 9.85. The molecule has 0 unspecified atom stereocenters. The number of aromatic nitrogens is 1. The summed E-state index contributed by atoms with van der Waals surface area (Å²) in [4.78, 5) is 3.97. The number of fused-ring (bicyclic) bond motifs is 5. The van der Waals surface area contributed by atoms with Crippen LogP contribution in [-0.4, -0.2) is 4.57 Å². The number of benzene rings is 8. The predicted octanol–water partition coefficient (Wildman–Crippen LogP) is 12.4. The molecular weight excluding hydrogens is 621 g/mol. The third kappa shape index (κ3) is 4.66. The molecule has 4 nitrogen and oxygen atoms in total. The van der Waals surface area contributed by atoms with Crippen molar-refractivity contribution < 1.29 is 0 Å². The van der Waals surface area contributed by atoms with Crippen molar-refractivity contribution in [3.8, 4) is 51.2 Å². The van der Waals surface area contributed by atoms with E-state index in [1.807, 2.05) is 59.2 Å². The Hall–Kier alpha value is -7.45. The lowest BCUT2D eigenvalue weighted by molar-refractivity contribution is 1.17. The van der Waals surface area contributed by atoms with Crippen molar-refractivity contribution in [2.75, 3.05) is 0 Å². The molecular formula is C47H26N4. The third-order valence-electron chi connectivity index (χ3n) is 9.88. The predicted molar refractivity (Wildman–Crippen MR) is 208 cm³/mol. The summed E-state index contributed by atoms with van der Waals surface area (Å²) in [6, 6.07) is 58.0. The topological polar surface area (TPSA) is 56.9 Å². The molecule has 234 valence electrons. The highest BCUT2D eigenvalue weighted by Crippen LogP contribution is 2.45. The number of hydrogen-bond acceptors (Lipinski definition) is 2. The quantitative estimate of drug-likeness (QED) is 0.141. The van der Waals surface area contributed by atoms with E-state index >= 15 is 0 Å². The van der Waals surface area contributed by atoms with Gasteiger partial charge in [0.15, 0.2) is 5.69 Å². The summed E-state index contributed by atoms with van der Waals surface area (Å²) in [5, 5.41) is 26.7. The van der Waals surface area contributed by atoms with Crippen LogP contribution in [0.25, 0.3) is 87.3 Å². The fourth-order valence-corrected chi connectivity index (χ4v) is 7.65. The fraction of sp³-hybridized carbons (Fsp3) is 0. The maximum atomic E-state index is 10.5. The first-order chi connectivity index (χ1) is 25.2. The van der Waals surface area contributed by atoms with Crippen molar-refractivity contribution in [1.82, 2.24) is 4.57 Å². The van der Waals surface area contributed by atoms with Gasteiger partial charge < -0.3 is 4.57 Å². The summed E-state index contributed by atoms with van der Waals surface area (Å²) in [7, 11) is 0. The molecule has 1 heterocycles. The lowest BCUT2D eigenvalue weighted by Gasteiger charge is -2.18. The molecule has 0 atom stereocenters. The van der Waals surface area contributed by atoms with E-state index in [0.29, 0.717) is 28.1 Å². The van der Waals surface area contributed by atoms with Gasteiger partial charge in [-0.2, -0.15) is 10.5 Å². The monoisotopic (exact) mass is 646 g/mol. The van der Waals surface area contributed by atoms with Crippen LogP contribution in [0.4, 0.5) is 5.69 Å². The van der Waals surface area contributed by atoms with Gasteiger partial charge in [0.25, 0.3) is 0 Å². The normalized spacial score (nSPS) is 11.1. The van der Waals surface area contributed by atoms with Crippen molar-refractivity contribution in [3.05, 3.63) is 180 Å². The van der Waals surface area contributed by atoms with Crippen molar-refractivity contribution in [3.63, 3.8) is 0 Å². The van der Waals surface area contributed by atoms with Crippen LogP contribution in [0.5, 0.6) is 0 Å². The van der Waals surface area contributed by atoms with Crippen LogP contribution in [0.15, 0.2) is 158 Å². The molecule has 4 heteroatoms. The van der Waals surface area contributed by atoms with Crippen LogP contribution in [0.1, 0.15) is 11.1 Å². The van der Waals surface area contributed by atoms with Crippen molar-refractivity contribution in [2.45, 2.75) is 0 Å². The van der Waals surface area contributed by atoms with Gasteiger partial charge >= 0.3 is 0 Å². The highest BCUT2D eigenvalue weighted by Gasteiger charge is 2.20. The zero-order valence-electron chi connectivity index (χ0n) is 27.3. The van der Waals surface area contributed by atoms with Crippen molar-refractivity contribution in [1.29, 1.82) is 10.5 Å². The molecule has 9 aromatic rings. The van der Waals surface area contributed by atoms with Crippen LogP contribution >= 0.6 is 0 Å². The molecule has 0 fully saturated rings. The summed E-state index contributed by atoms with van der Waals surface area (Å²) in [5.41, 5.74) is 10.1. The first-order valence-electron chi connectivity index (χ1n) is 16.7. The number of hydrogen-bond donors (Lipinski definition) is 0. The Morgan fingerprint density at radius 1 is 0.471 bits per heavy atom. The second-order valence-corrected chi connectivity index (χ2v) is 12.6. The van der Waals surface area contributed by atoms with E-state index in [0.717, 1.165) is 38.5 Å². The van der Waals surface area contributed by atoms with Gasteiger partial charge in [0.2, 0.25) is 0 Å². The molecule has 0 saturated carbocycles. The molecule has 0 saturated heterocycles. The molecule has 9 rings (SSSR count). The van der Waals surface area contributed by atoms with Gasteiger partial charge in [-0.15, -0.1) is 0 Å². The molecule has 0 aliphatic carbocycles. The number of para-hydroxylation sites is 1. The van der Waals surface area contributed by atoms with E-state index in [2.05, 4.69) is 114 Å². The minimum absolute atomic E-state index is 0.458. The maximum absolute atomic E-state index is 10.5. The summed E-state index contributed by atoms with van der Waals surface area (Å²) in [6.45, 7) is 8.21. The SMILES string of the molecule is [C-]#[N+]c1cc(-n2c3ccccc3c3cc(C#N)ccc32)c(C#N)cc1-c1ccc(-c2c3ccccc3c(-c3ccccc3)c3ccccc23)cc1. The van der Waals surface area contributed by atoms with E-state index in [1.165, 1.54) is 32.7 Å². The molecule has 0 bridgehead atoms. The highest BCUT2D eigenvalue weighted by atomic mass is 15.0. The molecule has 0 spiro atoms. The Labute approximate surface area is 294 Å². The zero-order valence-corrected chi connectivity index (χ0v) is 27.3. The Kier molecular flexibility index (Phi) is 6.93. The summed E-state index contributed by atoms with van der Waals surface area (Å²) in [6.07, 6.45) is 0. The van der Waals surface area contributed by atoms with Crippen LogP contribution in [0.3, 0.4) is 0 Å². The van der Waals surface area contributed by atoms with Gasteiger partial charge in [-0.1, -0.05) is 121 Å². The average molecular weight is 647 g/mol. The van der Waals surface area contributed by atoms with Gasteiger partial charge in [0.1, 0.15) is 6.07 Å². The summed E-state index contributed by atoms with van der Waals surface area (Å²) < 4.78 is 2.03. The van der Waals surface area contributed by atoms with E-state index in [1.54, 1.807) is 6.07 Å². The first-order valence-corrected chi connectivity index (χ1v) is 16.7. The van der Waals surface area contributed by atoms with Gasteiger partial charge in [-0.25, -0.2) is 4.85 Å². The number of nitrogens with zero attached hydrogens (tertiary/aromatic N) is 4. The van der Waals surface area contributed by atoms with Gasteiger partial charge in [-0.3, -0.25) is 0 Å². The minimum atomic E-state index is 0.458. The number of rotatable bonds is 4. The molecule has 0 N–H and O–H groups in total. The van der Waals surface area contributed by atoms with Crippen LogP contribution < -0.4 is 0 Å². The van der Waals surface area contributed by atoms with Crippen LogP contribution in [-0.2, 0) is 0 Å². The van der Waals surface area contributed by atoms with Gasteiger partial charge in [-0.05, 0) is 91.3 Å². The molecule has 0 aliphatic heterocycles.